The summed E-state index contributed by atoms with van der Waals surface area (Å²) in [5.74, 6) is 0.850. The molecule has 0 spiro atoms. The van der Waals surface area contributed by atoms with Gasteiger partial charge in [-0.2, -0.15) is 0 Å². The van der Waals surface area contributed by atoms with Crippen LogP contribution in [0.25, 0.3) is 0 Å². The van der Waals surface area contributed by atoms with E-state index in [9.17, 15) is 0 Å². The lowest BCUT2D eigenvalue weighted by molar-refractivity contribution is 0.245. The van der Waals surface area contributed by atoms with Crippen LogP contribution in [0.2, 0.25) is 0 Å². The minimum Gasteiger partial charge on any atom is -0.354 e. The molecule has 1 unspecified atom stereocenters. The fourth-order valence-corrected chi connectivity index (χ4v) is 3.99. The predicted octanol–water partition coefficient (Wildman–Crippen LogP) is 3.25. The first-order chi connectivity index (χ1) is 14.2. The van der Waals surface area contributed by atoms with Gasteiger partial charge in [0.05, 0.1) is 6.04 Å². The molecule has 29 heavy (non-hydrogen) atoms. The molecule has 0 amide bonds. The predicted molar refractivity (Wildman–Crippen MR) is 122 cm³/mol. The number of rotatable bonds is 8. The van der Waals surface area contributed by atoms with Crippen LogP contribution in [-0.2, 0) is 13.1 Å². The molecule has 3 rings (SSSR count). The maximum atomic E-state index is 4.43. The van der Waals surface area contributed by atoms with Gasteiger partial charge in [0.2, 0.25) is 0 Å². The summed E-state index contributed by atoms with van der Waals surface area (Å²) in [6.07, 6.45) is 2.58. The first-order valence-electron chi connectivity index (χ1n) is 10.6. The molecule has 156 valence electrons. The Labute approximate surface area is 175 Å². The van der Waals surface area contributed by atoms with E-state index in [0.717, 1.165) is 25.6 Å². The van der Waals surface area contributed by atoms with Gasteiger partial charge in [-0.05, 0) is 56.7 Å². The number of aliphatic imine (C=N–C) groups is 1. The highest BCUT2D eigenvalue weighted by Gasteiger charge is 2.23. The van der Waals surface area contributed by atoms with Gasteiger partial charge in [0.25, 0.3) is 0 Å². The average molecular weight is 394 g/mol. The summed E-state index contributed by atoms with van der Waals surface area (Å²) in [5, 5.41) is 7.02. The molecule has 1 atom stereocenters. The van der Waals surface area contributed by atoms with Gasteiger partial charge < -0.3 is 15.5 Å². The van der Waals surface area contributed by atoms with Gasteiger partial charge in [0.1, 0.15) is 0 Å². The maximum absolute atomic E-state index is 4.43. The van der Waals surface area contributed by atoms with Crippen molar-refractivity contribution in [3.05, 3.63) is 71.3 Å². The van der Waals surface area contributed by atoms with Crippen molar-refractivity contribution in [2.75, 3.05) is 40.8 Å². The second-order valence-corrected chi connectivity index (χ2v) is 8.03. The van der Waals surface area contributed by atoms with Crippen molar-refractivity contribution in [2.24, 2.45) is 4.99 Å². The Kier molecular flexibility index (Phi) is 8.08. The van der Waals surface area contributed by atoms with E-state index >= 15 is 0 Å². The highest BCUT2D eigenvalue weighted by atomic mass is 15.2. The van der Waals surface area contributed by atoms with Crippen molar-refractivity contribution >= 4 is 5.96 Å². The van der Waals surface area contributed by atoms with E-state index < -0.39 is 0 Å². The molecule has 0 aliphatic carbocycles. The fraction of sp³-hybridized carbons (Fsp3) is 0.458. The molecule has 5 nitrogen and oxygen atoms in total. The Bertz CT molecular complexity index is 766. The van der Waals surface area contributed by atoms with Crippen LogP contribution in [0.15, 0.2) is 59.6 Å². The van der Waals surface area contributed by atoms with Crippen LogP contribution >= 0.6 is 0 Å². The van der Waals surface area contributed by atoms with Gasteiger partial charge in [-0.1, -0.05) is 54.6 Å². The first kappa shape index (κ1) is 21.3. The third-order valence-electron chi connectivity index (χ3n) is 5.40. The summed E-state index contributed by atoms with van der Waals surface area (Å²) in [6.45, 7) is 4.91. The molecule has 1 fully saturated rings. The Balaban J connectivity index is 1.57. The second kappa shape index (κ2) is 11.0. The highest BCUT2D eigenvalue weighted by molar-refractivity contribution is 5.79. The first-order valence-corrected chi connectivity index (χ1v) is 10.6. The van der Waals surface area contributed by atoms with Gasteiger partial charge in [0, 0.05) is 26.7 Å². The number of guanidine groups is 1. The number of nitrogens with zero attached hydrogens (tertiary/aromatic N) is 3. The van der Waals surface area contributed by atoms with Gasteiger partial charge in [0.15, 0.2) is 5.96 Å². The van der Waals surface area contributed by atoms with Gasteiger partial charge in [-0.15, -0.1) is 0 Å². The molecule has 5 heteroatoms. The zero-order valence-corrected chi connectivity index (χ0v) is 18.1. The molecule has 2 aromatic carbocycles. The number of hydrogen-bond acceptors (Lipinski definition) is 3. The number of nitrogens with one attached hydrogen (secondary N) is 2. The summed E-state index contributed by atoms with van der Waals surface area (Å²) in [4.78, 5) is 9.21. The Morgan fingerprint density at radius 3 is 2.41 bits per heavy atom. The number of benzene rings is 2. The molecule has 2 N–H and O–H groups in total. The molecule has 2 aromatic rings. The van der Waals surface area contributed by atoms with E-state index in [1.165, 1.54) is 42.6 Å². The van der Waals surface area contributed by atoms with E-state index in [2.05, 4.69) is 94.1 Å². The second-order valence-electron chi connectivity index (χ2n) is 8.03. The minimum absolute atomic E-state index is 0.376. The summed E-state index contributed by atoms with van der Waals surface area (Å²) >= 11 is 0. The van der Waals surface area contributed by atoms with Crippen LogP contribution in [0, 0.1) is 0 Å². The summed E-state index contributed by atoms with van der Waals surface area (Å²) in [6, 6.07) is 19.9. The summed E-state index contributed by atoms with van der Waals surface area (Å²) in [7, 11) is 6.03. The Morgan fingerprint density at radius 2 is 1.72 bits per heavy atom. The van der Waals surface area contributed by atoms with Crippen LogP contribution in [0.3, 0.4) is 0 Å². The lowest BCUT2D eigenvalue weighted by Crippen LogP contribution is -2.42. The Morgan fingerprint density at radius 1 is 1.00 bits per heavy atom. The van der Waals surface area contributed by atoms with Gasteiger partial charge >= 0.3 is 0 Å². The van der Waals surface area contributed by atoms with E-state index in [1.54, 1.807) is 0 Å². The van der Waals surface area contributed by atoms with Crippen LogP contribution in [0.4, 0.5) is 0 Å². The van der Waals surface area contributed by atoms with Crippen molar-refractivity contribution < 1.29 is 0 Å². The molecule has 1 heterocycles. The van der Waals surface area contributed by atoms with Crippen molar-refractivity contribution in [3.63, 3.8) is 0 Å². The minimum atomic E-state index is 0.376. The van der Waals surface area contributed by atoms with Crippen LogP contribution in [-0.4, -0.2) is 56.5 Å². The lowest BCUT2D eigenvalue weighted by Gasteiger charge is -2.29. The molecule has 0 saturated carbocycles. The fourth-order valence-electron chi connectivity index (χ4n) is 3.99. The molecule has 0 aromatic heterocycles. The Hall–Kier alpha value is -2.37. The SMILES string of the molecule is CN=C(NCc1cccc(CN(C)C)c1)NCC(c1ccccc1)N1CCCC1. The quantitative estimate of drug-likeness (QED) is 0.534. The average Bonchev–Trinajstić information content (AvgIpc) is 3.25. The lowest BCUT2D eigenvalue weighted by atomic mass is 10.1. The summed E-state index contributed by atoms with van der Waals surface area (Å²) in [5.41, 5.74) is 3.97. The maximum Gasteiger partial charge on any atom is 0.191 e. The molecule has 0 radical (unpaired) electrons. The van der Waals surface area contributed by atoms with Crippen LogP contribution in [0.5, 0.6) is 0 Å². The number of likely N-dealkylation sites (tertiary alicyclic amines) is 1. The van der Waals surface area contributed by atoms with E-state index in [-0.39, 0.29) is 0 Å². The van der Waals surface area contributed by atoms with Crippen molar-refractivity contribution in [1.82, 2.24) is 20.4 Å². The summed E-state index contributed by atoms with van der Waals surface area (Å²) < 4.78 is 0. The monoisotopic (exact) mass is 393 g/mol. The van der Waals surface area contributed by atoms with Crippen LogP contribution < -0.4 is 10.6 Å². The van der Waals surface area contributed by atoms with Crippen molar-refractivity contribution in [3.8, 4) is 0 Å². The number of hydrogen-bond donors (Lipinski definition) is 2. The third kappa shape index (κ3) is 6.58. The molecular weight excluding hydrogens is 358 g/mol. The third-order valence-corrected chi connectivity index (χ3v) is 5.40. The topological polar surface area (TPSA) is 42.9 Å². The zero-order chi connectivity index (χ0) is 20.5. The molecule has 1 aliphatic heterocycles. The molecular formula is C24H35N5. The molecule has 1 saturated heterocycles. The largest absolute Gasteiger partial charge is 0.354 e. The molecule has 1 aliphatic rings. The van der Waals surface area contributed by atoms with E-state index in [0.29, 0.717) is 6.04 Å². The normalized spacial score (nSPS) is 16.2. The van der Waals surface area contributed by atoms with Gasteiger partial charge in [-0.3, -0.25) is 9.89 Å². The van der Waals surface area contributed by atoms with Gasteiger partial charge in [-0.25, -0.2) is 0 Å². The zero-order valence-electron chi connectivity index (χ0n) is 18.1. The standard InChI is InChI=1S/C24H35N5/c1-25-24(26-17-20-10-9-11-21(16-20)19-28(2)3)27-18-23(29-14-7-8-15-29)22-12-5-4-6-13-22/h4-6,9-13,16,23H,7-8,14-15,17-19H2,1-3H3,(H2,25,26,27). The van der Waals surface area contributed by atoms with Crippen LogP contribution in [0.1, 0.15) is 35.6 Å². The van der Waals surface area contributed by atoms with E-state index in [1.807, 2.05) is 7.05 Å². The molecule has 0 bridgehead atoms. The highest BCUT2D eigenvalue weighted by Crippen LogP contribution is 2.24. The van der Waals surface area contributed by atoms with E-state index in [4.69, 9.17) is 0 Å². The van der Waals surface area contributed by atoms with Crippen molar-refractivity contribution in [1.29, 1.82) is 0 Å². The smallest absolute Gasteiger partial charge is 0.191 e. The van der Waals surface area contributed by atoms with Crippen molar-refractivity contribution in [2.45, 2.75) is 32.0 Å².